The van der Waals surface area contributed by atoms with Gasteiger partial charge in [-0.25, -0.2) is 0 Å². The fourth-order valence-electron chi connectivity index (χ4n) is 1.30. The Bertz CT molecular complexity index is 658. The summed E-state index contributed by atoms with van der Waals surface area (Å²) in [5.41, 5.74) is 0.591. The predicted octanol–water partition coefficient (Wildman–Crippen LogP) is 4.12. The molecule has 0 bridgehead atoms. The first-order valence-electron chi connectivity index (χ1n) is 6.80. The van der Waals surface area contributed by atoms with Gasteiger partial charge in [-0.1, -0.05) is 42.3 Å². The second-order valence-corrected chi connectivity index (χ2v) is 3.67. The SMILES string of the molecule is [2H]c1c([2H])c([2H])c(-c2cccc(Br)c2OC)c([2H])c1[2H]. The van der Waals surface area contributed by atoms with E-state index in [1.54, 1.807) is 18.2 Å². The third-order valence-electron chi connectivity index (χ3n) is 1.94. The Morgan fingerprint density at radius 3 is 2.60 bits per heavy atom. The highest BCUT2D eigenvalue weighted by Gasteiger charge is 2.07. The van der Waals surface area contributed by atoms with Crippen LogP contribution in [0.3, 0.4) is 0 Å². The van der Waals surface area contributed by atoms with E-state index in [4.69, 9.17) is 11.6 Å². The Labute approximate surface area is 105 Å². The summed E-state index contributed by atoms with van der Waals surface area (Å²) in [6, 6.07) is 3.54. The zero-order valence-corrected chi connectivity index (χ0v) is 9.60. The molecule has 0 unspecified atom stereocenters. The summed E-state index contributed by atoms with van der Waals surface area (Å²) in [4.78, 5) is 0. The van der Waals surface area contributed by atoms with Crippen molar-refractivity contribution in [3.63, 3.8) is 0 Å². The number of hydrogen-bond acceptors (Lipinski definition) is 1. The number of halogens is 1. The average molecular weight is 268 g/mol. The first-order chi connectivity index (χ1) is 9.40. The lowest BCUT2D eigenvalue weighted by molar-refractivity contribution is 0.414. The van der Waals surface area contributed by atoms with Crippen molar-refractivity contribution in [1.82, 2.24) is 0 Å². The quantitative estimate of drug-likeness (QED) is 0.795. The molecule has 15 heavy (non-hydrogen) atoms. The summed E-state index contributed by atoms with van der Waals surface area (Å²) >= 11 is 3.33. The minimum atomic E-state index is -0.405. The van der Waals surface area contributed by atoms with E-state index >= 15 is 0 Å². The molecule has 0 saturated heterocycles. The Morgan fingerprint density at radius 1 is 1.20 bits per heavy atom. The van der Waals surface area contributed by atoms with Crippen molar-refractivity contribution >= 4 is 15.9 Å². The first kappa shape index (κ1) is 5.71. The summed E-state index contributed by atoms with van der Waals surface area (Å²) in [5, 5.41) is 0. The van der Waals surface area contributed by atoms with Crippen LogP contribution in [-0.4, -0.2) is 7.11 Å². The third kappa shape index (κ3) is 2.05. The Kier molecular flexibility index (Phi) is 1.71. The lowest BCUT2D eigenvalue weighted by Gasteiger charge is -2.09. The number of benzene rings is 2. The highest BCUT2D eigenvalue weighted by Crippen LogP contribution is 2.35. The first-order valence-corrected chi connectivity index (χ1v) is 5.09. The summed E-state index contributed by atoms with van der Waals surface area (Å²) in [5.74, 6) is 0.436. The maximum Gasteiger partial charge on any atom is 0.140 e. The van der Waals surface area contributed by atoms with Crippen molar-refractivity contribution in [2.75, 3.05) is 7.11 Å². The molecule has 0 amide bonds. The van der Waals surface area contributed by atoms with Crippen molar-refractivity contribution < 1.29 is 11.6 Å². The fraction of sp³-hybridized carbons (Fsp3) is 0.0769. The Balaban J connectivity index is 2.87. The molecule has 0 fully saturated rings. The van der Waals surface area contributed by atoms with Crippen molar-refractivity contribution in [2.24, 2.45) is 0 Å². The van der Waals surface area contributed by atoms with Crippen molar-refractivity contribution in [1.29, 1.82) is 0 Å². The van der Waals surface area contributed by atoms with E-state index in [0.29, 0.717) is 15.8 Å². The lowest BCUT2D eigenvalue weighted by Crippen LogP contribution is -1.88. The number of methoxy groups -OCH3 is 1. The molecule has 1 nitrogen and oxygen atoms in total. The van der Waals surface area contributed by atoms with Gasteiger partial charge in [0, 0.05) is 5.56 Å². The molecule has 2 rings (SSSR count). The molecule has 0 N–H and O–H groups in total. The van der Waals surface area contributed by atoms with Crippen LogP contribution in [-0.2, 0) is 0 Å². The molecule has 0 aromatic heterocycles. The van der Waals surface area contributed by atoms with Crippen LogP contribution >= 0.6 is 15.9 Å². The molecule has 0 radical (unpaired) electrons. The van der Waals surface area contributed by atoms with Gasteiger partial charge in [0.25, 0.3) is 0 Å². The van der Waals surface area contributed by atoms with Crippen LogP contribution in [0.15, 0.2) is 52.9 Å². The van der Waals surface area contributed by atoms with Gasteiger partial charge < -0.3 is 4.74 Å². The van der Waals surface area contributed by atoms with E-state index in [9.17, 15) is 0 Å². The van der Waals surface area contributed by atoms with Crippen molar-refractivity contribution in [2.45, 2.75) is 0 Å². The molecule has 76 valence electrons. The molecule has 0 aliphatic carbocycles. The average Bonchev–Trinajstić information content (AvgIpc) is 2.43. The zero-order chi connectivity index (χ0) is 15.0. The van der Waals surface area contributed by atoms with Gasteiger partial charge >= 0.3 is 0 Å². The Hall–Kier alpha value is -1.28. The molecule has 0 heterocycles. The number of para-hydroxylation sites is 1. The zero-order valence-electron chi connectivity index (χ0n) is 13.0. The maximum absolute atomic E-state index is 7.97. The van der Waals surface area contributed by atoms with Gasteiger partial charge in [0.2, 0.25) is 0 Å². The molecule has 0 saturated carbocycles. The normalized spacial score (nSPS) is 14.7. The molecule has 2 heteroatoms. The topological polar surface area (TPSA) is 9.23 Å². The summed E-state index contributed by atoms with van der Waals surface area (Å²) < 4.78 is 44.9. The fourth-order valence-corrected chi connectivity index (χ4v) is 1.83. The third-order valence-corrected chi connectivity index (χ3v) is 2.56. The highest BCUT2D eigenvalue weighted by atomic mass is 79.9. The molecule has 0 aliphatic heterocycles. The smallest absolute Gasteiger partial charge is 0.140 e. The molecule has 0 spiro atoms. The van der Waals surface area contributed by atoms with Crippen LogP contribution in [0.2, 0.25) is 0 Å². The van der Waals surface area contributed by atoms with Crippen LogP contribution in [0.4, 0.5) is 0 Å². The minimum absolute atomic E-state index is 0.133. The van der Waals surface area contributed by atoms with Gasteiger partial charge in [-0.2, -0.15) is 0 Å². The molecule has 0 atom stereocenters. The van der Waals surface area contributed by atoms with Crippen LogP contribution < -0.4 is 4.74 Å². The van der Waals surface area contributed by atoms with E-state index in [-0.39, 0.29) is 29.7 Å². The van der Waals surface area contributed by atoms with Gasteiger partial charge in [0.1, 0.15) is 5.75 Å². The van der Waals surface area contributed by atoms with Gasteiger partial charge in [0.15, 0.2) is 0 Å². The molecule has 0 aliphatic rings. The van der Waals surface area contributed by atoms with Gasteiger partial charge in [-0.3, -0.25) is 0 Å². The van der Waals surface area contributed by atoms with Crippen molar-refractivity contribution in [3.05, 3.63) is 52.9 Å². The van der Waals surface area contributed by atoms with Crippen molar-refractivity contribution in [3.8, 4) is 16.9 Å². The summed E-state index contributed by atoms with van der Waals surface area (Å²) in [6.45, 7) is 0. The lowest BCUT2D eigenvalue weighted by atomic mass is 10.1. The van der Waals surface area contributed by atoms with Crippen LogP contribution in [0.5, 0.6) is 5.75 Å². The highest BCUT2D eigenvalue weighted by molar-refractivity contribution is 9.10. The summed E-state index contributed by atoms with van der Waals surface area (Å²) in [6.07, 6.45) is 0. The van der Waals surface area contributed by atoms with E-state index in [1.165, 1.54) is 7.11 Å². The molecule has 2 aromatic carbocycles. The molecule has 2 aromatic rings. The van der Waals surface area contributed by atoms with Crippen LogP contribution in [0, 0.1) is 0 Å². The number of ether oxygens (including phenoxy) is 1. The molecular weight excluding hydrogens is 252 g/mol. The summed E-state index contributed by atoms with van der Waals surface area (Å²) in [7, 11) is 1.47. The van der Waals surface area contributed by atoms with Gasteiger partial charge in [-0.15, -0.1) is 0 Å². The molecular formula is C13H11BrO. The van der Waals surface area contributed by atoms with Crippen LogP contribution in [0.25, 0.3) is 11.1 Å². The van der Waals surface area contributed by atoms with E-state index in [2.05, 4.69) is 15.9 Å². The number of rotatable bonds is 2. The van der Waals surface area contributed by atoms with E-state index in [0.717, 1.165) is 0 Å². The second-order valence-electron chi connectivity index (χ2n) is 2.82. The predicted molar refractivity (Wildman–Crippen MR) is 66.1 cm³/mol. The number of hydrogen-bond donors (Lipinski definition) is 0. The van der Waals surface area contributed by atoms with E-state index in [1.807, 2.05) is 0 Å². The van der Waals surface area contributed by atoms with Crippen LogP contribution in [0.1, 0.15) is 6.85 Å². The standard InChI is InChI=1S/C13H11BrO/c1-15-13-11(8-5-9-12(13)14)10-6-3-2-4-7-10/h2-9H,1H3/i2D,3D,4D,6D,7D. The maximum atomic E-state index is 7.97. The van der Waals surface area contributed by atoms with Gasteiger partial charge in [0.05, 0.1) is 18.4 Å². The minimum Gasteiger partial charge on any atom is -0.495 e. The second kappa shape index (κ2) is 4.49. The van der Waals surface area contributed by atoms with Gasteiger partial charge in [-0.05, 0) is 27.6 Å². The largest absolute Gasteiger partial charge is 0.495 e. The monoisotopic (exact) mass is 267 g/mol. The Morgan fingerprint density at radius 2 is 1.93 bits per heavy atom. The van der Waals surface area contributed by atoms with E-state index < -0.39 is 6.04 Å².